The summed E-state index contributed by atoms with van der Waals surface area (Å²) >= 11 is 0. The maximum atomic E-state index is 12.5. The zero-order valence-corrected chi connectivity index (χ0v) is 13.0. The van der Waals surface area contributed by atoms with Crippen molar-refractivity contribution in [1.82, 2.24) is 9.62 Å². The van der Waals surface area contributed by atoms with Crippen LogP contribution in [0.4, 0.5) is 0 Å². The van der Waals surface area contributed by atoms with E-state index in [4.69, 9.17) is 4.74 Å². The van der Waals surface area contributed by atoms with Crippen LogP contribution in [0.2, 0.25) is 0 Å². The first-order valence-corrected chi connectivity index (χ1v) is 7.54. The van der Waals surface area contributed by atoms with Crippen molar-refractivity contribution in [3.63, 3.8) is 0 Å². The molecule has 0 atom stereocenters. The molecule has 6 heteroatoms. The Hall–Kier alpha value is -1.11. The lowest BCUT2D eigenvalue weighted by atomic mass is 10.1. The molecule has 5 nitrogen and oxygen atoms in total. The Bertz CT molecular complexity index is 541. The van der Waals surface area contributed by atoms with Crippen LogP contribution in [-0.4, -0.2) is 47.0 Å². The van der Waals surface area contributed by atoms with Crippen LogP contribution >= 0.6 is 0 Å². The van der Waals surface area contributed by atoms with E-state index in [2.05, 4.69) is 5.32 Å². The summed E-state index contributed by atoms with van der Waals surface area (Å²) in [5.41, 5.74) is 1.72. The first-order valence-electron chi connectivity index (χ1n) is 6.10. The fourth-order valence-electron chi connectivity index (χ4n) is 1.93. The molecular weight excluding hydrogens is 264 g/mol. The number of nitrogens with zero attached hydrogens (tertiary/aromatic N) is 1. The smallest absolute Gasteiger partial charge is 0.246 e. The third-order valence-electron chi connectivity index (χ3n) is 2.95. The maximum absolute atomic E-state index is 12.5. The molecule has 1 aromatic rings. The van der Waals surface area contributed by atoms with E-state index < -0.39 is 10.0 Å². The molecule has 0 saturated heterocycles. The Morgan fingerprint density at radius 2 is 1.95 bits per heavy atom. The van der Waals surface area contributed by atoms with Crippen LogP contribution in [-0.2, 0) is 10.0 Å². The number of nitrogens with one attached hydrogen (secondary N) is 1. The number of methoxy groups -OCH3 is 1. The van der Waals surface area contributed by atoms with Crippen LogP contribution in [0, 0.1) is 13.8 Å². The van der Waals surface area contributed by atoms with Gasteiger partial charge < -0.3 is 10.1 Å². The van der Waals surface area contributed by atoms with Crippen LogP contribution in [0.15, 0.2) is 17.0 Å². The summed E-state index contributed by atoms with van der Waals surface area (Å²) in [6.07, 6.45) is 0. The topological polar surface area (TPSA) is 58.6 Å². The maximum Gasteiger partial charge on any atom is 0.246 e. The Labute approximate surface area is 115 Å². The number of hydrogen-bond acceptors (Lipinski definition) is 4. The van der Waals surface area contributed by atoms with Crippen molar-refractivity contribution in [1.29, 1.82) is 0 Å². The van der Waals surface area contributed by atoms with Crippen LogP contribution in [0.1, 0.15) is 11.1 Å². The molecule has 0 saturated carbocycles. The Morgan fingerprint density at radius 1 is 1.32 bits per heavy atom. The third-order valence-corrected chi connectivity index (χ3v) is 4.82. The molecule has 0 spiro atoms. The second-order valence-corrected chi connectivity index (χ2v) is 6.56. The van der Waals surface area contributed by atoms with Crippen LogP contribution in [0.25, 0.3) is 0 Å². The van der Waals surface area contributed by atoms with Crippen molar-refractivity contribution < 1.29 is 13.2 Å². The number of benzene rings is 1. The van der Waals surface area contributed by atoms with Crippen molar-refractivity contribution in [3.8, 4) is 5.75 Å². The van der Waals surface area contributed by atoms with Gasteiger partial charge in [-0.1, -0.05) is 6.07 Å². The van der Waals surface area contributed by atoms with E-state index in [9.17, 15) is 8.42 Å². The van der Waals surface area contributed by atoms with Crippen LogP contribution in [0.5, 0.6) is 5.75 Å². The first kappa shape index (κ1) is 15.9. The normalized spacial score (nSPS) is 11.9. The number of sulfonamides is 1. The molecule has 1 rings (SSSR count). The summed E-state index contributed by atoms with van der Waals surface area (Å²) in [7, 11) is 1.32. The lowest BCUT2D eigenvalue weighted by Crippen LogP contribution is -2.33. The average molecular weight is 286 g/mol. The fourth-order valence-corrected chi connectivity index (χ4v) is 3.41. The van der Waals surface area contributed by atoms with Crippen LogP contribution in [0.3, 0.4) is 0 Å². The molecule has 0 aliphatic carbocycles. The minimum absolute atomic E-state index is 0.228. The van der Waals surface area contributed by atoms with Gasteiger partial charge in [0, 0.05) is 20.1 Å². The van der Waals surface area contributed by atoms with Gasteiger partial charge in [0.05, 0.1) is 7.11 Å². The molecule has 0 aliphatic rings. The molecule has 1 aromatic carbocycles. The van der Waals surface area contributed by atoms with Gasteiger partial charge in [0.25, 0.3) is 0 Å². The second kappa shape index (κ2) is 6.36. The summed E-state index contributed by atoms with van der Waals surface area (Å²) in [6.45, 7) is 4.73. The summed E-state index contributed by atoms with van der Waals surface area (Å²) < 4.78 is 31.7. The number of likely N-dealkylation sites (N-methyl/N-ethyl adjacent to an activating group) is 2. The van der Waals surface area contributed by atoms with Crippen molar-refractivity contribution >= 4 is 10.0 Å². The molecule has 0 aromatic heterocycles. The molecule has 0 unspecified atom stereocenters. The highest BCUT2D eigenvalue weighted by molar-refractivity contribution is 7.89. The minimum atomic E-state index is -3.53. The van der Waals surface area contributed by atoms with E-state index >= 15 is 0 Å². The highest BCUT2D eigenvalue weighted by atomic mass is 32.2. The first-order chi connectivity index (χ1) is 8.84. The van der Waals surface area contributed by atoms with Gasteiger partial charge in [-0.3, -0.25) is 0 Å². The zero-order valence-electron chi connectivity index (χ0n) is 12.1. The highest BCUT2D eigenvalue weighted by Crippen LogP contribution is 2.30. The van der Waals surface area contributed by atoms with Gasteiger partial charge in [-0.15, -0.1) is 0 Å². The van der Waals surface area contributed by atoms with Gasteiger partial charge in [0.1, 0.15) is 10.6 Å². The summed E-state index contributed by atoms with van der Waals surface area (Å²) in [6, 6.07) is 3.56. The van der Waals surface area contributed by atoms with Gasteiger partial charge in [-0.2, -0.15) is 4.31 Å². The van der Waals surface area contributed by atoms with Gasteiger partial charge in [-0.25, -0.2) is 8.42 Å². The largest absolute Gasteiger partial charge is 0.495 e. The van der Waals surface area contributed by atoms with Crippen LogP contribution < -0.4 is 10.1 Å². The number of rotatable bonds is 6. The predicted octanol–water partition coefficient (Wildman–Crippen LogP) is 1.15. The Morgan fingerprint density at radius 3 is 2.47 bits per heavy atom. The molecule has 0 radical (unpaired) electrons. The molecule has 19 heavy (non-hydrogen) atoms. The summed E-state index contributed by atoms with van der Waals surface area (Å²) in [5, 5.41) is 2.94. The van der Waals surface area contributed by atoms with Crippen molar-refractivity contribution in [2.24, 2.45) is 0 Å². The Balaban J connectivity index is 3.28. The van der Waals surface area contributed by atoms with Crippen molar-refractivity contribution in [2.45, 2.75) is 18.7 Å². The van der Waals surface area contributed by atoms with E-state index in [1.165, 1.54) is 11.4 Å². The molecule has 1 N–H and O–H groups in total. The third kappa shape index (κ3) is 3.46. The second-order valence-electron chi connectivity index (χ2n) is 4.54. The SMILES string of the molecule is CNCCN(C)S(=O)(=O)c1cc(C)cc(C)c1OC. The standard InChI is InChI=1S/C13H22N2O3S/c1-10-8-11(2)13(18-5)12(9-10)19(16,17)15(4)7-6-14-3/h8-9,14H,6-7H2,1-5H3. The minimum Gasteiger partial charge on any atom is -0.495 e. The predicted molar refractivity (Wildman–Crippen MR) is 76.2 cm³/mol. The zero-order chi connectivity index (χ0) is 14.6. The van der Waals surface area contributed by atoms with E-state index in [0.29, 0.717) is 18.8 Å². The Kier molecular flexibility index (Phi) is 5.34. The number of aryl methyl sites for hydroxylation is 2. The average Bonchev–Trinajstić information content (AvgIpc) is 2.34. The van der Waals surface area contributed by atoms with E-state index in [0.717, 1.165) is 11.1 Å². The van der Waals surface area contributed by atoms with E-state index in [1.807, 2.05) is 19.9 Å². The molecule has 0 bridgehead atoms. The molecule has 0 heterocycles. The van der Waals surface area contributed by atoms with Gasteiger partial charge in [0.2, 0.25) is 10.0 Å². The lowest BCUT2D eigenvalue weighted by molar-refractivity contribution is 0.394. The quantitative estimate of drug-likeness (QED) is 0.852. The molecule has 0 aliphatic heterocycles. The fraction of sp³-hybridized carbons (Fsp3) is 0.538. The van der Waals surface area contributed by atoms with E-state index in [1.54, 1.807) is 20.2 Å². The van der Waals surface area contributed by atoms with Crippen molar-refractivity contribution in [3.05, 3.63) is 23.3 Å². The summed E-state index contributed by atoms with van der Waals surface area (Å²) in [4.78, 5) is 0.228. The summed E-state index contributed by atoms with van der Waals surface area (Å²) in [5.74, 6) is 0.418. The van der Waals surface area contributed by atoms with Gasteiger partial charge >= 0.3 is 0 Å². The molecule has 0 amide bonds. The number of ether oxygens (including phenoxy) is 1. The van der Waals surface area contributed by atoms with E-state index in [-0.39, 0.29) is 4.90 Å². The lowest BCUT2D eigenvalue weighted by Gasteiger charge is -2.20. The molecule has 0 fully saturated rings. The monoisotopic (exact) mass is 286 g/mol. The number of hydrogen-bond donors (Lipinski definition) is 1. The van der Waals surface area contributed by atoms with Gasteiger partial charge in [-0.05, 0) is 38.1 Å². The van der Waals surface area contributed by atoms with Crippen molar-refractivity contribution in [2.75, 3.05) is 34.3 Å². The molecule has 108 valence electrons. The highest BCUT2D eigenvalue weighted by Gasteiger charge is 2.25. The van der Waals surface area contributed by atoms with Gasteiger partial charge in [0.15, 0.2) is 0 Å². The molecular formula is C13H22N2O3S.